The predicted molar refractivity (Wildman–Crippen MR) is 86.7 cm³/mol. The molecule has 0 heterocycles. The van der Waals surface area contributed by atoms with Gasteiger partial charge in [-0.05, 0) is 64.5 Å². The lowest BCUT2D eigenvalue weighted by atomic mass is 10.2. The molecule has 0 spiro atoms. The largest absolute Gasteiger partial charge is 0.494 e. The lowest BCUT2D eigenvalue weighted by Crippen LogP contribution is -2.26. The van der Waals surface area contributed by atoms with Gasteiger partial charge in [0.2, 0.25) is 5.91 Å². The number of nitrogens with one attached hydrogen (secondary N) is 1. The van der Waals surface area contributed by atoms with Crippen LogP contribution in [0.3, 0.4) is 0 Å². The van der Waals surface area contributed by atoms with Gasteiger partial charge >= 0.3 is 0 Å². The Morgan fingerprint density at radius 1 is 1.24 bits per heavy atom. The van der Waals surface area contributed by atoms with E-state index in [9.17, 15) is 4.79 Å². The van der Waals surface area contributed by atoms with Crippen LogP contribution in [0.1, 0.15) is 31.2 Å². The Kier molecular flexibility index (Phi) is 8.51. The van der Waals surface area contributed by atoms with E-state index in [0.29, 0.717) is 13.0 Å². The van der Waals surface area contributed by atoms with Crippen molar-refractivity contribution in [2.24, 2.45) is 0 Å². The zero-order valence-corrected chi connectivity index (χ0v) is 13.5. The first-order chi connectivity index (χ1) is 10.1. The van der Waals surface area contributed by atoms with Crippen molar-refractivity contribution in [1.29, 1.82) is 0 Å². The molecular weight excluding hydrogens is 264 g/mol. The highest BCUT2D eigenvalue weighted by molar-refractivity contribution is 5.75. The smallest absolute Gasteiger partial charge is 0.219 e. The van der Waals surface area contributed by atoms with E-state index in [1.165, 1.54) is 5.56 Å². The summed E-state index contributed by atoms with van der Waals surface area (Å²) in [6, 6.07) is 8.03. The van der Waals surface area contributed by atoms with Crippen LogP contribution in [-0.2, 0) is 4.79 Å². The SMILES string of the molecule is Cc1cccc(OCCCCC(=O)NCCCN(C)C)c1. The lowest BCUT2D eigenvalue weighted by molar-refractivity contribution is -0.121. The van der Waals surface area contributed by atoms with E-state index in [1.54, 1.807) is 0 Å². The third-order valence-electron chi connectivity index (χ3n) is 3.16. The van der Waals surface area contributed by atoms with Crippen LogP contribution in [0.2, 0.25) is 0 Å². The van der Waals surface area contributed by atoms with Crippen LogP contribution in [0.15, 0.2) is 24.3 Å². The zero-order valence-electron chi connectivity index (χ0n) is 13.5. The molecule has 4 nitrogen and oxygen atoms in total. The molecule has 1 aromatic carbocycles. The maximum absolute atomic E-state index is 11.6. The molecule has 0 fully saturated rings. The number of carbonyl (C=O) groups is 1. The minimum atomic E-state index is 0.143. The topological polar surface area (TPSA) is 41.6 Å². The van der Waals surface area contributed by atoms with Gasteiger partial charge in [-0.1, -0.05) is 12.1 Å². The number of carbonyl (C=O) groups excluding carboxylic acids is 1. The molecule has 0 saturated heterocycles. The average Bonchev–Trinajstić information content (AvgIpc) is 2.43. The van der Waals surface area contributed by atoms with E-state index in [2.05, 4.69) is 10.2 Å². The maximum Gasteiger partial charge on any atom is 0.219 e. The summed E-state index contributed by atoms with van der Waals surface area (Å²) in [7, 11) is 4.08. The molecule has 1 amide bonds. The van der Waals surface area contributed by atoms with E-state index in [-0.39, 0.29) is 5.91 Å². The number of ether oxygens (including phenoxy) is 1. The molecule has 0 atom stereocenters. The summed E-state index contributed by atoms with van der Waals surface area (Å²) < 4.78 is 5.66. The van der Waals surface area contributed by atoms with Gasteiger partial charge in [0.25, 0.3) is 0 Å². The molecule has 0 radical (unpaired) electrons. The van der Waals surface area contributed by atoms with Gasteiger partial charge in [0.05, 0.1) is 6.61 Å². The van der Waals surface area contributed by atoms with Crippen LogP contribution < -0.4 is 10.1 Å². The van der Waals surface area contributed by atoms with E-state index in [1.807, 2.05) is 45.3 Å². The average molecular weight is 292 g/mol. The third-order valence-corrected chi connectivity index (χ3v) is 3.16. The van der Waals surface area contributed by atoms with Crippen molar-refractivity contribution in [3.63, 3.8) is 0 Å². The molecule has 4 heteroatoms. The predicted octanol–water partition coefficient (Wildman–Crippen LogP) is 2.61. The second-order valence-electron chi connectivity index (χ2n) is 5.63. The second kappa shape index (κ2) is 10.2. The fourth-order valence-electron chi connectivity index (χ4n) is 1.99. The number of aryl methyl sites for hydroxylation is 1. The molecule has 1 rings (SSSR count). The van der Waals surface area contributed by atoms with Crippen molar-refractivity contribution >= 4 is 5.91 Å². The molecule has 0 unspecified atom stereocenters. The van der Waals surface area contributed by atoms with Crippen LogP contribution >= 0.6 is 0 Å². The van der Waals surface area contributed by atoms with Crippen LogP contribution in [-0.4, -0.2) is 44.6 Å². The van der Waals surface area contributed by atoms with E-state index < -0.39 is 0 Å². The van der Waals surface area contributed by atoms with Crippen molar-refractivity contribution < 1.29 is 9.53 Å². The minimum Gasteiger partial charge on any atom is -0.494 e. The summed E-state index contributed by atoms with van der Waals surface area (Å²) in [6.07, 6.45) is 3.35. The van der Waals surface area contributed by atoms with Crippen molar-refractivity contribution in [1.82, 2.24) is 10.2 Å². The fraction of sp³-hybridized carbons (Fsp3) is 0.588. The quantitative estimate of drug-likeness (QED) is 0.674. The summed E-state index contributed by atoms with van der Waals surface area (Å²) in [5.74, 6) is 1.05. The minimum absolute atomic E-state index is 0.143. The highest BCUT2D eigenvalue weighted by atomic mass is 16.5. The highest BCUT2D eigenvalue weighted by Crippen LogP contribution is 2.12. The molecule has 0 aliphatic carbocycles. The van der Waals surface area contributed by atoms with Gasteiger partial charge in [-0.3, -0.25) is 4.79 Å². The van der Waals surface area contributed by atoms with Gasteiger partial charge in [-0.25, -0.2) is 0 Å². The Morgan fingerprint density at radius 3 is 2.76 bits per heavy atom. The van der Waals surface area contributed by atoms with Gasteiger partial charge in [0, 0.05) is 13.0 Å². The number of hydrogen-bond acceptors (Lipinski definition) is 3. The molecule has 118 valence electrons. The Balaban J connectivity index is 1.99. The second-order valence-corrected chi connectivity index (χ2v) is 5.63. The van der Waals surface area contributed by atoms with Crippen LogP contribution in [0, 0.1) is 6.92 Å². The van der Waals surface area contributed by atoms with Crippen LogP contribution in [0.4, 0.5) is 0 Å². The Morgan fingerprint density at radius 2 is 2.05 bits per heavy atom. The Hall–Kier alpha value is -1.55. The Bertz CT molecular complexity index is 419. The normalized spacial score (nSPS) is 10.7. The number of hydrogen-bond donors (Lipinski definition) is 1. The molecule has 0 saturated carbocycles. The van der Waals surface area contributed by atoms with Gasteiger partial charge < -0.3 is 15.0 Å². The van der Waals surface area contributed by atoms with Gasteiger partial charge in [-0.2, -0.15) is 0 Å². The maximum atomic E-state index is 11.6. The fourth-order valence-corrected chi connectivity index (χ4v) is 1.99. The first-order valence-electron chi connectivity index (χ1n) is 7.69. The van der Waals surface area contributed by atoms with E-state index >= 15 is 0 Å². The summed E-state index contributed by atoms with van der Waals surface area (Å²) in [5, 5.41) is 2.95. The van der Waals surface area contributed by atoms with Crippen LogP contribution in [0.5, 0.6) is 5.75 Å². The van der Waals surface area contributed by atoms with Crippen LogP contribution in [0.25, 0.3) is 0 Å². The van der Waals surface area contributed by atoms with Crippen molar-refractivity contribution in [3.8, 4) is 5.75 Å². The number of amides is 1. The molecule has 1 aromatic rings. The first-order valence-corrected chi connectivity index (χ1v) is 7.69. The molecule has 1 N–H and O–H groups in total. The number of benzene rings is 1. The summed E-state index contributed by atoms with van der Waals surface area (Å²) in [6.45, 7) is 4.48. The number of rotatable bonds is 10. The Labute approximate surface area is 128 Å². The number of unbranched alkanes of at least 4 members (excludes halogenated alkanes) is 1. The van der Waals surface area contributed by atoms with Crippen molar-refractivity contribution in [2.45, 2.75) is 32.6 Å². The summed E-state index contributed by atoms with van der Waals surface area (Å²) in [4.78, 5) is 13.7. The van der Waals surface area contributed by atoms with Gasteiger partial charge in [-0.15, -0.1) is 0 Å². The third kappa shape index (κ3) is 9.08. The molecule has 0 aliphatic rings. The molecule has 0 aliphatic heterocycles. The molecule has 21 heavy (non-hydrogen) atoms. The van der Waals surface area contributed by atoms with E-state index in [4.69, 9.17) is 4.74 Å². The van der Waals surface area contributed by atoms with E-state index in [0.717, 1.165) is 38.1 Å². The molecule has 0 aromatic heterocycles. The molecular formula is C17H28N2O2. The highest BCUT2D eigenvalue weighted by Gasteiger charge is 2.01. The number of nitrogens with zero attached hydrogens (tertiary/aromatic N) is 1. The van der Waals surface area contributed by atoms with Crippen molar-refractivity contribution in [2.75, 3.05) is 33.8 Å². The van der Waals surface area contributed by atoms with Gasteiger partial charge in [0.1, 0.15) is 5.75 Å². The van der Waals surface area contributed by atoms with Gasteiger partial charge in [0.15, 0.2) is 0 Å². The lowest BCUT2D eigenvalue weighted by Gasteiger charge is -2.10. The molecule has 0 bridgehead atoms. The summed E-state index contributed by atoms with van der Waals surface area (Å²) >= 11 is 0. The standard InChI is InChI=1S/C17H28N2O2/c1-15-8-6-9-16(14-15)21-13-5-4-10-17(20)18-11-7-12-19(2)3/h6,8-9,14H,4-5,7,10-13H2,1-3H3,(H,18,20). The monoisotopic (exact) mass is 292 g/mol. The van der Waals surface area contributed by atoms with Crippen molar-refractivity contribution in [3.05, 3.63) is 29.8 Å². The zero-order chi connectivity index (χ0) is 15.5. The summed E-state index contributed by atoms with van der Waals surface area (Å²) in [5.41, 5.74) is 1.20. The first kappa shape index (κ1) is 17.5.